The van der Waals surface area contributed by atoms with Gasteiger partial charge in [-0.15, -0.1) is 0 Å². The van der Waals surface area contributed by atoms with Gasteiger partial charge in [-0.1, -0.05) is 73.9 Å². The number of ether oxygens (including phenoxy) is 6. The third-order valence-electron chi connectivity index (χ3n) is 17.2. The van der Waals surface area contributed by atoms with Gasteiger partial charge in [-0.2, -0.15) is 0 Å². The van der Waals surface area contributed by atoms with Crippen LogP contribution in [0.25, 0.3) is 22.1 Å². The molecule has 2 aromatic heterocycles. The first-order chi connectivity index (χ1) is 40.1. The van der Waals surface area contributed by atoms with Crippen molar-refractivity contribution in [2.75, 3.05) is 27.3 Å². The van der Waals surface area contributed by atoms with Gasteiger partial charge in [0.25, 0.3) is 0 Å². The Morgan fingerprint density at radius 2 is 1.01 bits per heavy atom. The number of carbonyl (C=O) groups excluding carboxylic acids is 6. The monoisotopic (exact) mass is 1290 g/mol. The van der Waals surface area contributed by atoms with Crippen molar-refractivity contribution in [1.29, 1.82) is 0 Å². The van der Waals surface area contributed by atoms with Gasteiger partial charge in [-0.05, 0) is 84.5 Å². The molecule has 87 heavy (non-hydrogen) atoms. The maximum atomic E-state index is 15.1. The average Bonchev–Trinajstić information content (AvgIpc) is 1.82. The number of hydrogen-bond donors (Lipinski definition) is 2. The van der Waals surface area contributed by atoms with E-state index in [0.29, 0.717) is 52.8 Å². The Balaban J connectivity index is 0.000000243. The number of benzene rings is 2. The average molecular weight is 1290 g/mol. The number of fused-ring (bicyclic) bond motifs is 10. The predicted octanol–water partition coefficient (Wildman–Crippen LogP) is 8.85. The van der Waals surface area contributed by atoms with Crippen molar-refractivity contribution in [3.8, 4) is 23.3 Å². The molecule has 2 radical (unpaired) electrons. The molecule has 10 rings (SSSR count). The van der Waals surface area contributed by atoms with Gasteiger partial charge in [0.15, 0.2) is 0 Å². The minimum absolute atomic E-state index is 0. The number of carbonyl (C=O) groups is 4. The van der Waals surface area contributed by atoms with Gasteiger partial charge < -0.3 is 58.4 Å². The Morgan fingerprint density at radius 1 is 0.598 bits per heavy atom. The summed E-state index contributed by atoms with van der Waals surface area (Å²) < 4.78 is 94.5. The van der Waals surface area contributed by atoms with Crippen molar-refractivity contribution in [3.05, 3.63) is 47.8 Å². The van der Waals surface area contributed by atoms with Crippen LogP contribution in [-0.2, 0) is 78.6 Å². The van der Waals surface area contributed by atoms with E-state index in [9.17, 15) is 28.8 Å². The van der Waals surface area contributed by atoms with Crippen LogP contribution in [0.1, 0.15) is 125 Å². The number of aromatic nitrogens is 4. The second-order valence-corrected chi connectivity index (χ2v) is 25.6. The van der Waals surface area contributed by atoms with E-state index in [1.807, 2.05) is 19.5 Å². The Hall–Kier alpha value is -5.97. The summed E-state index contributed by atoms with van der Waals surface area (Å²) in [5, 5.41) is 5.35. The van der Waals surface area contributed by atoms with E-state index in [1.54, 1.807) is 84.9 Å². The molecule has 2 aromatic carbocycles. The number of nitrogens with one attached hydrogen (secondary N) is 2. The van der Waals surface area contributed by atoms with Crippen LogP contribution in [0.15, 0.2) is 36.4 Å². The summed E-state index contributed by atoms with van der Waals surface area (Å²) in [6, 6.07) is 6.26. The van der Waals surface area contributed by atoms with Crippen LogP contribution in [0.5, 0.6) is 23.3 Å². The van der Waals surface area contributed by atoms with Gasteiger partial charge in [-0.25, -0.2) is 59.7 Å². The van der Waals surface area contributed by atoms with Crippen LogP contribution in [-0.4, -0.2) is 154 Å². The second-order valence-electron chi connectivity index (χ2n) is 25.6. The largest absolute Gasteiger partial charge is 0.540 e. The first-order valence-electron chi connectivity index (χ1n) is 29.2. The van der Waals surface area contributed by atoms with Gasteiger partial charge in [0.1, 0.15) is 59.4 Å². The number of rotatable bonds is 5. The van der Waals surface area contributed by atoms with Crippen molar-refractivity contribution >= 4 is 58.6 Å². The zero-order chi connectivity index (χ0) is 61.5. The summed E-state index contributed by atoms with van der Waals surface area (Å²) >= 11 is 0. The van der Waals surface area contributed by atoms with E-state index in [2.05, 4.69) is 30.6 Å². The molecule has 6 heterocycles. The first kappa shape index (κ1) is 68.5. The van der Waals surface area contributed by atoms with Crippen LogP contribution >= 0.6 is 0 Å². The molecular formula is C61H76F4N8O12V2-2. The summed E-state index contributed by atoms with van der Waals surface area (Å²) in [5.74, 6) is -6.95. The predicted molar refractivity (Wildman–Crippen MR) is 301 cm³/mol. The molecule has 0 spiro atoms. The Labute approximate surface area is 527 Å². The van der Waals surface area contributed by atoms with E-state index < -0.39 is 120 Å². The van der Waals surface area contributed by atoms with Crippen LogP contribution in [0, 0.1) is 34.5 Å². The summed E-state index contributed by atoms with van der Waals surface area (Å²) in [7, 11) is 3.05. The normalized spacial score (nSPS) is 29.2. The molecule has 4 aromatic rings. The van der Waals surface area contributed by atoms with Gasteiger partial charge >= 0.3 is 12.2 Å². The fourth-order valence-corrected chi connectivity index (χ4v) is 11.7. The van der Waals surface area contributed by atoms with Crippen LogP contribution in [0.3, 0.4) is 0 Å². The van der Waals surface area contributed by atoms with E-state index in [4.69, 9.17) is 28.4 Å². The molecule has 0 unspecified atom stereocenters. The SMILES string of the molecule is CC[C@@H]1[C@@H]2CN(C(=O)[C@H](C(C)(C)C)NC(=O)O[C@@H]3C[C@H]3CCC(F)(F)CCc3nc4ccc(OC)cc4nc3O2)[C@@H]1[C-]=O.COc1ccc2nc3c(nc2c1)O[C@H]1CN(C(=O)[C@H](C(C)(C)C)NC(=O)O[C@@H]2C[C@H]2CCC(F)(F)CC3)[C@H]([C-]=O)[C@@H]1C.[V].[V]. The standard InChI is InChI=1S/C31H39F2N4O6.C30H37F2N4O6.2V/c1-6-19-23(16-38)37-15-25(19)42-27-21(34-20-8-7-18(41-5)14-22(20)35-27)10-12-31(32,33)11-9-17-13-24(17)43-29(40)36-26(28(37)39)30(2,3)4;1-16-22(15-37)36-14-24(16)41-26-20(33-19-7-6-18(40-5)13-21(19)34-26)9-11-30(31,32)10-8-17-12-23(17)42-28(39)35-25(27(36)38)29(2,3)4;;/h7-8,14,17,19,23-26H,6,9-13,15H2,1-5H3,(H,36,40);6-7,13,16-17,22-25H,8-12,14H2,1-5H3,(H,35,39);;/q2*-1;;/t17-,19+,23-,24-,25+,26-;16-,17+,22+,23+,24-,25+;;/m10../s1. The number of alkyl halides is 4. The molecule has 472 valence electrons. The molecule has 2 N–H and O–H groups in total. The quantitative estimate of drug-likeness (QED) is 0.140. The number of halogens is 4. The number of aryl methyl sites for hydroxylation is 2. The number of methoxy groups -OCH3 is 2. The van der Waals surface area contributed by atoms with Gasteiger partial charge in [0.05, 0.1) is 49.4 Å². The zero-order valence-corrected chi connectivity index (χ0v) is 53.4. The van der Waals surface area contributed by atoms with Gasteiger partial charge in [0, 0.05) is 87.8 Å². The zero-order valence-electron chi connectivity index (χ0n) is 50.6. The van der Waals surface area contributed by atoms with Crippen molar-refractivity contribution < 1.29 is 112 Å². The molecule has 2 saturated carbocycles. The summed E-state index contributed by atoms with van der Waals surface area (Å²) in [4.78, 5) is 99.2. The van der Waals surface area contributed by atoms with Crippen LogP contribution < -0.4 is 29.6 Å². The Kier molecular flexibility index (Phi) is 21.6. The topological polar surface area (TPSA) is 240 Å². The molecule has 12 atom stereocenters. The molecule has 4 aliphatic heterocycles. The molecule has 6 aliphatic rings. The van der Waals surface area contributed by atoms with Crippen molar-refractivity contribution in [2.45, 2.75) is 186 Å². The third-order valence-corrected chi connectivity index (χ3v) is 17.2. The smallest absolute Gasteiger partial charge is 0.408 e. The number of alkyl carbamates (subject to hydrolysis) is 2. The molecule has 4 fully saturated rings. The molecule has 4 amide bonds. The number of nitrogens with zero attached hydrogens (tertiary/aromatic N) is 6. The molecular weight excluding hydrogens is 1210 g/mol. The molecule has 4 bridgehead atoms. The number of amides is 4. The molecule has 2 aliphatic carbocycles. The minimum atomic E-state index is -2.98. The first-order valence-corrected chi connectivity index (χ1v) is 29.2. The fourth-order valence-electron chi connectivity index (χ4n) is 11.7. The van der Waals surface area contributed by atoms with Gasteiger partial charge in [-0.3, -0.25) is 9.59 Å². The molecule has 2 saturated heterocycles. The Morgan fingerprint density at radius 3 is 1.41 bits per heavy atom. The second kappa shape index (κ2) is 27.4. The molecule has 26 heteroatoms. The van der Waals surface area contributed by atoms with E-state index >= 15 is 17.6 Å². The van der Waals surface area contributed by atoms with Gasteiger partial charge in [0.2, 0.25) is 35.4 Å². The molecule has 20 nitrogen and oxygen atoms in total. The van der Waals surface area contributed by atoms with Crippen LogP contribution in [0.4, 0.5) is 27.2 Å². The maximum Gasteiger partial charge on any atom is 0.408 e. The van der Waals surface area contributed by atoms with E-state index in [-0.39, 0.29) is 124 Å². The van der Waals surface area contributed by atoms with Crippen molar-refractivity contribution in [1.82, 2.24) is 40.4 Å². The van der Waals surface area contributed by atoms with Crippen LogP contribution in [0.2, 0.25) is 0 Å². The van der Waals surface area contributed by atoms with Crippen molar-refractivity contribution in [3.63, 3.8) is 0 Å². The van der Waals surface area contributed by atoms with E-state index in [0.717, 1.165) is 0 Å². The third kappa shape index (κ3) is 16.1. The summed E-state index contributed by atoms with van der Waals surface area (Å²) in [6.07, 6.45) is 0.0221. The fraction of sp³-hybridized carbons (Fsp3) is 0.639. The van der Waals surface area contributed by atoms with E-state index in [1.165, 1.54) is 24.0 Å². The maximum absolute atomic E-state index is 15.1. The number of hydrogen-bond acceptors (Lipinski definition) is 16. The van der Waals surface area contributed by atoms with Crippen molar-refractivity contribution in [2.24, 2.45) is 34.5 Å². The summed E-state index contributed by atoms with van der Waals surface area (Å²) in [5.41, 5.74) is 1.00. The summed E-state index contributed by atoms with van der Waals surface area (Å²) in [6.45, 7) is 14.4. The Bertz CT molecular complexity index is 3170. The minimum Gasteiger partial charge on any atom is -0.540 e.